The van der Waals surface area contributed by atoms with Crippen LogP contribution in [0.15, 0.2) is 0 Å². The van der Waals surface area contributed by atoms with E-state index < -0.39 is 11.4 Å². The largest absolute Gasteiger partial charge is 0.481 e. The van der Waals surface area contributed by atoms with Crippen molar-refractivity contribution in [2.75, 3.05) is 27.2 Å². The maximum atomic E-state index is 12.1. The lowest BCUT2D eigenvalue weighted by Gasteiger charge is -2.33. The average Bonchev–Trinajstić information content (AvgIpc) is 3.11. The number of hydrogen-bond acceptors (Lipinski definition) is 2. The van der Waals surface area contributed by atoms with Crippen LogP contribution < -0.4 is 0 Å². The molecule has 0 aromatic rings. The number of hydrogen-bond donors (Lipinski definition) is 1. The molecule has 2 amide bonds. The van der Waals surface area contributed by atoms with Crippen molar-refractivity contribution in [2.45, 2.75) is 38.5 Å². The van der Waals surface area contributed by atoms with Crippen LogP contribution in [-0.2, 0) is 4.79 Å². The third kappa shape index (κ3) is 2.30. The van der Waals surface area contributed by atoms with Gasteiger partial charge in [-0.2, -0.15) is 0 Å². The van der Waals surface area contributed by atoms with Gasteiger partial charge in [-0.25, -0.2) is 4.79 Å². The fraction of sp³-hybridized carbons (Fsp3) is 0.875. The summed E-state index contributed by atoms with van der Waals surface area (Å²) >= 11 is 0. The summed E-state index contributed by atoms with van der Waals surface area (Å²) < 4.78 is 0. The minimum absolute atomic E-state index is 0.0613. The molecule has 0 bridgehead atoms. The Morgan fingerprint density at radius 1 is 1.10 bits per heavy atom. The van der Waals surface area contributed by atoms with Crippen LogP contribution in [0.5, 0.6) is 0 Å². The summed E-state index contributed by atoms with van der Waals surface area (Å²) in [6.07, 6.45) is 6.06. The van der Waals surface area contributed by atoms with Gasteiger partial charge < -0.3 is 14.9 Å². The van der Waals surface area contributed by atoms with Crippen LogP contribution >= 0.6 is 0 Å². The Bertz CT molecular complexity index is 429. The second kappa shape index (κ2) is 5.18. The predicted molar refractivity (Wildman–Crippen MR) is 78.9 cm³/mol. The molecule has 2 saturated carbocycles. The Labute approximate surface area is 126 Å². The van der Waals surface area contributed by atoms with E-state index in [1.54, 1.807) is 19.0 Å². The standard InChI is InChI=1S/C16H26N2O3/c1-17(2)15(21)18-9-11-7-16(14(19)20,8-12(11)10-18)13-5-3-4-6-13/h11-13H,3-10H2,1-2H3,(H,19,20)/t11-,12+,16-. The molecule has 1 saturated heterocycles. The summed E-state index contributed by atoms with van der Waals surface area (Å²) in [6.45, 7) is 1.48. The molecule has 0 unspecified atom stereocenters. The van der Waals surface area contributed by atoms with E-state index in [0.717, 1.165) is 38.8 Å². The van der Waals surface area contributed by atoms with Crippen molar-refractivity contribution in [3.05, 3.63) is 0 Å². The Morgan fingerprint density at radius 2 is 1.62 bits per heavy atom. The van der Waals surface area contributed by atoms with Crippen LogP contribution in [0.1, 0.15) is 38.5 Å². The number of amides is 2. The molecule has 5 heteroatoms. The molecule has 0 aromatic carbocycles. The van der Waals surface area contributed by atoms with E-state index >= 15 is 0 Å². The lowest BCUT2D eigenvalue weighted by atomic mass is 9.72. The lowest BCUT2D eigenvalue weighted by Crippen LogP contribution is -2.41. The molecule has 0 spiro atoms. The molecule has 1 heterocycles. The molecule has 0 aromatic heterocycles. The van der Waals surface area contributed by atoms with E-state index in [9.17, 15) is 14.7 Å². The van der Waals surface area contributed by atoms with Gasteiger partial charge in [-0.3, -0.25) is 4.79 Å². The number of carbonyl (C=O) groups is 2. The number of fused-ring (bicyclic) bond motifs is 1. The van der Waals surface area contributed by atoms with Crippen molar-refractivity contribution in [1.29, 1.82) is 0 Å². The fourth-order valence-corrected chi connectivity index (χ4v) is 5.02. The van der Waals surface area contributed by atoms with Crippen molar-refractivity contribution in [3.8, 4) is 0 Å². The molecule has 1 N–H and O–H groups in total. The van der Waals surface area contributed by atoms with Gasteiger partial charge in [0.1, 0.15) is 0 Å². The minimum atomic E-state index is -0.589. The van der Waals surface area contributed by atoms with E-state index in [0.29, 0.717) is 17.8 Å². The Morgan fingerprint density at radius 3 is 2.05 bits per heavy atom. The summed E-state index contributed by atoms with van der Waals surface area (Å²) in [5.41, 5.74) is -0.501. The number of carboxylic acid groups (broad SMARTS) is 1. The van der Waals surface area contributed by atoms with Crippen LogP contribution in [0.3, 0.4) is 0 Å². The Hall–Kier alpha value is -1.26. The number of nitrogens with zero attached hydrogens (tertiary/aromatic N) is 2. The molecule has 21 heavy (non-hydrogen) atoms. The Kier molecular flexibility index (Phi) is 3.62. The van der Waals surface area contributed by atoms with Crippen molar-refractivity contribution >= 4 is 12.0 Å². The average molecular weight is 294 g/mol. The van der Waals surface area contributed by atoms with E-state index in [-0.39, 0.29) is 6.03 Å². The van der Waals surface area contributed by atoms with Gasteiger partial charge in [0, 0.05) is 27.2 Å². The molecule has 0 radical (unpaired) electrons. The predicted octanol–water partition coefficient (Wildman–Crippen LogP) is 2.27. The summed E-state index contributed by atoms with van der Waals surface area (Å²) in [6, 6.07) is 0.0613. The molecule has 3 aliphatic rings. The van der Waals surface area contributed by atoms with E-state index in [1.807, 2.05) is 4.90 Å². The highest BCUT2D eigenvalue weighted by Crippen LogP contribution is 2.56. The molecule has 3 fully saturated rings. The first kappa shape index (κ1) is 14.7. The number of likely N-dealkylation sites (tertiary alicyclic amines) is 1. The second-order valence-electron chi connectivity index (χ2n) is 7.45. The fourth-order valence-electron chi connectivity index (χ4n) is 5.02. The van der Waals surface area contributed by atoms with Crippen LogP contribution in [-0.4, -0.2) is 54.1 Å². The number of carboxylic acids is 1. The normalized spacial score (nSPS) is 36.0. The van der Waals surface area contributed by atoms with Gasteiger partial charge in [-0.05, 0) is 43.4 Å². The van der Waals surface area contributed by atoms with Crippen LogP contribution in [0.25, 0.3) is 0 Å². The van der Waals surface area contributed by atoms with Gasteiger partial charge >= 0.3 is 12.0 Å². The summed E-state index contributed by atoms with van der Waals surface area (Å²) in [7, 11) is 3.55. The number of aliphatic carboxylic acids is 1. The molecule has 118 valence electrons. The number of rotatable bonds is 2. The number of carbonyl (C=O) groups excluding carboxylic acids is 1. The Balaban J connectivity index is 1.72. The molecule has 3 atom stereocenters. The molecule has 3 rings (SSSR count). The molecular formula is C16H26N2O3. The van der Waals surface area contributed by atoms with E-state index in [2.05, 4.69) is 0 Å². The highest BCUT2D eigenvalue weighted by molar-refractivity contribution is 5.77. The van der Waals surface area contributed by atoms with Crippen molar-refractivity contribution in [2.24, 2.45) is 23.2 Å². The first-order chi connectivity index (χ1) is 9.94. The lowest BCUT2D eigenvalue weighted by molar-refractivity contribution is -0.152. The first-order valence-corrected chi connectivity index (χ1v) is 8.13. The molecule has 2 aliphatic carbocycles. The van der Waals surface area contributed by atoms with Gasteiger partial charge in [0.05, 0.1) is 5.41 Å². The van der Waals surface area contributed by atoms with Crippen molar-refractivity contribution in [1.82, 2.24) is 9.80 Å². The van der Waals surface area contributed by atoms with Gasteiger partial charge in [-0.15, -0.1) is 0 Å². The highest BCUT2D eigenvalue weighted by atomic mass is 16.4. The van der Waals surface area contributed by atoms with Gasteiger partial charge in [0.2, 0.25) is 0 Å². The zero-order valence-corrected chi connectivity index (χ0v) is 13.0. The van der Waals surface area contributed by atoms with Crippen LogP contribution in [0, 0.1) is 23.2 Å². The van der Waals surface area contributed by atoms with Crippen LogP contribution in [0.2, 0.25) is 0 Å². The second-order valence-corrected chi connectivity index (χ2v) is 7.45. The maximum absolute atomic E-state index is 12.1. The quantitative estimate of drug-likeness (QED) is 0.850. The van der Waals surface area contributed by atoms with E-state index in [4.69, 9.17) is 0 Å². The molecule has 5 nitrogen and oxygen atoms in total. The summed E-state index contributed by atoms with van der Waals surface area (Å²) in [5, 5.41) is 9.85. The van der Waals surface area contributed by atoms with Gasteiger partial charge in [0.25, 0.3) is 0 Å². The van der Waals surface area contributed by atoms with Crippen molar-refractivity contribution < 1.29 is 14.7 Å². The summed E-state index contributed by atoms with van der Waals surface area (Å²) in [5.74, 6) is 0.532. The highest BCUT2D eigenvalue weighted by Gasteiger charge is 2.57. The third-order valence-electron chi connectivity index (χ3n) is 6.05. The SMILES string of the molecule is CN(C)C(=O)N1C[C@@H]2C[C@@](C(=O)O)(C3CCCC3)C[C@@H]2C1. The minimum Gasteiger partial charge on any atom is -0.481 e. The first-order valence-electron chi connectivity index (χ1n) is 8.13. The smallest absolute Gasteiger partial charge is 0.319 e. The molecular weight excluding hydrogens is 268 g/mol. The van der Waals surface area contributed by atoms with Gasteiger partial charge in [-0.1, -0.05) is 12.8 Å². The maximum Gasteiger partial charge on any atom is 0.319 e. The van der Waals surface area contributed by atoms with Crippen LogP contribution in [0.4, 0.5) is 4.79 Å². The molecule has 1 aliphatic heterocycles. The number of urea groups is 1. The monoisotopic (exact) mass is 294 g/mol. The topological polar surface area (TPSA) is 60.9 Å². The van der Waals surface area contributed by atoms with Crippen molar-refractivity contribution in [3.63, 3.8) is 0 Å². The van der Waals surface area contributed by atoms with E-state index in [1.165, 1.54) is 12.8 Å². The summed E-state index contributed by atoms with van der Waals surface area (Å²) in [4.78, 5) is 27.6. The third-order valence-corrected chi connectivity index (χ3v) is 6.05. The van der Waals surface area contributed by atoms with Gasteiger partial charge in [0.15, 0.2) is 0 Å². The zero-order valence-electron chi connectivity index (χ0n) is 13.0. The zero-order chi connectivity index (χ0) is 15.2.